The lowest BCUT2D eigenvalue weighted by Gasteiger charge is -2.45. The normalized spacial score (nSPS) is 20.6. The summed E-state index contributed by atoms with van der Waals surface area (Å²) in [6, 6.07) is 15.1. The summed E-state index contributed by atoms with van der Waals surface area (Å²) in [6.07, 6.45) is -3.48. The summed E-state index contributed by atoms with van der Waals surface area (Å²) in [5.41, 5.74) is -0.666. The van der Waals surface area contributed by atoms with Crippen LogP contribution in [-0.2, 0) is 26.4 Å². The summed E-state index contributed by atoms with van der Waals surface area (Å²) in [5.74, 6) is 0.0986. The van der Waals surface area contributed by atoms with E-state index in [0.717, 1.165) is 6.07 Å². The third kappa shape index (κ3) is 3.99. The fourth-order valence-electron chi connectivity index (χ4n) is 5.61. The lowest BCUT2D eigenvalue weighted by Crippen LogP contribution is -2.50. The van der Waals surface area contributed by atoms with Crippen molar-refractivity contribution in [3.05, 3.63) is 77.6 Å². The van der Waals surface area contributed by atoms with Crippen LogP contribution in [0.5, 0.6) is 5.75 Å². The van der Waals surface area contributed by atoms with Gasteiger partial charge in [0.2, 0.25) is 0 Å². The number of hydrogen-bond acceptors (Lipinski definition) is 5. The molecule has 2 fully saturated rings. The van der Waals surface area contributed by atoms with Gasteiger partial charge in [0.05, 0.1) is 28.1 Å². The molecule has 2 aromatic carbocycles. The van der Waals surface area contributed by atoms with E-state index in [0.29, 0.717) is 48.6 Å². The van der Waals surface area contributed by atoms with E-state index in [2.05, 4.69) is 0 Å². The van der Waals surface area contributed by atoms with E-state index in [9.17, 15) is 26.4 Å². The number of sulfone groups is 1. The van der Waals surface area contributed by atoms with Crippen LogP contribution in [0.4, 0.5) is 13.2 Å². The SMILES string of the molecule is O=C(c1ccc(S(=O)(=O)C2CCOC2)cc1)N1CCC2(CC1)Oc1ccccc1-n1c(C(F)(F)F)ccc12. The summed E-state index contributed by atoms with van der Waals surface area (Å²) in [5, 5.41) is -0.584. The highest BCUT2D eigenvalue weighted by Gasteiger charge is 2.48. The number of alkyl halides is 3. The van der Waals surface area contributed by atoms with Crippen molar-refractivity contribution >= 4 is 15.7 Å². The molecule has 1 atom stereocenters. The molecule has 1 unspecified atom stereocenters. The first-order valence-corrected chi connectivity index (χ1v) is 13.9. The van der Waals surface area contributed by atoms with Gasteiger partial charge in [-0.3, -0.25) is 4.79 Å². The van der Waals surface area contributed by atoms with Crippen LogP contribution in [0.1, 0.15) is 41.0 Å². The van der Waals surface area contributed by atoms with E-state index in [4.69, 9.17) is 9.47 Å². The minimum atomic E-state index is -4.54. The quantitative estimate of drug-likeness (QED) is 0.481. The van der Waals surface area contributed by atoms with Gasteiger partial charge >= 0.3 is 6.18 Å². The Morgan fingerprint density at radius 1 is 0.974 bits per heavy atom. The second kappa shape index (κ2) is 8.88. The Morgan fingerprint density at radius 2 is 1.68 bits per heavy atom. The zero-order valence-electron chi connectivity index (χ0n) is 20.3. The molecular formula is C27H25F3N2O5S. The van der Waals surface area contributed by atoms with Crippen molar-refractivity contribution in [3.63, 3.8) is 0 Å². The smallest absolute Gasteiger partial charge is 0.431 e. The molecule has 0 bridgehead atoms. The molecule has 200 valence electrons. The molecule has 4 heterocycles. The van der Waals surface area contributed by atoms with Gasteiger partial charge in [0, 0.05) is 38.1 Å². The van der Waals surface area contributed by atoms with Crippen LogP contribution in [0.2, 0.25) is 0 Å². The Balaban J connectivity index is 1.23. The van der Waals surface area contributed by atoms with Crippen molar-refractivity contribution in [2.75, 3.05) is 26.3 Å². The van der Waals surface area contributed by atoms with Gasteiger partial charge in [0.15, 0.2) is 15.4 Å². The Kier molecular flexibility index (Phi) is 5.84. The molecule has 1 aromatic heterocycles. The minimum absolute atomic E-state index is 0.151. The Bertz CT molecular complexity index is 1480. The van der Waals surface area contributed by atoms with Crippen molar-refractivity contribution in [2.45, 2.75) is 41.2 Å². The number of fused-ring (bicyclic) bond motifs is 4. The van der Waals surface area contributed by atoms with Crippen LogP contribution in [0.15, 0.2) is 65.6 Å². The highest BCUT2D eigenvalue weighted by Crippen LogP contribution is 2.48. The monoisotopic (exact) mass is 546 g/mol. The maximum atomic E-state index is 13.8. The number of carbonyl (C=O) groups excluding carboxylic acids is 1. The van der Waals surface area contributed by atoms with E-state index < -0.39 is 32.6 Å². The second-order valence-corrected chi connectivity index (χ2v) is 12.1. The number of piperidine rings is 1. The first kappa shape index (κ1) is 25.0. The summed E-state index contributed by atoms with van der Waals surface area (Å²) >= 11 is 0. The molecule has 0 saturated carbocycles. The number of benzene rings is 2. The van der Waals surface area contributed by atoms with Crippen LogP contribution >= 0.6 is 0 Å². The molecule has 38 heavy (non-hydrogen) atoms. The Morgan fingerprint density at radius 3 is 2.34 bits per heavy atom. The molecule has 1 spiro atoms. The lowest BCUT2D eigenvalue weighted by atomic mass is 9.86. The van der Waals surface area contributed by atoms with Gasteiger partial charge < -0.3 is 18.9 Å². The van der Waals surface area contributed by atoms with Gasteiger partial charge in [-0.25, -0.2) is 8.42 Å². The summed E-state index contributed by atoms with van der Waals surface area (Å²) in [7, 11) is -3.53. The fourth-order valence-corrected chi connectivity index (χ4v) is 7.20. The molecule has 0 N–H and O–H groups in total. The predicted octanol–water partition coefficient (Wildman–Crippen LogP) is 4.58. The number of halogens is 3. The van der Waals surface area contributed by atoms with Crippen molar-refractivity contribution in [3.8, 4) is 11.4 Å². The van der Waals surface area contributed by atoms with E-state index in [-0.39, 0.29) is 30.5 Å². The second-order valence-electron chi connectivity index (χ2n) is 9.85. The molecule has 0 aliphatic carbocycles. The topological polar surface area (TPSA) is 77.8 Å². The van der Waals surface area contributed by atoms with Gasteiger partial charge in [-0.2, -0.15) is 13.2 Å². The number of ether oxygens (including phenoxy) is 2. The van der Waals surface area contributed by atoms with Crippen molar-refractivity contribution in [1.82, 2.24) is 9.47 Å². The van der Waals surface area contributed by atoms with E-state index >= 15 is 0 Å². The molecule has 11 heteroatoms. The minimum Gasteiger partial charge on any atom is -0.479 e. The molecule has 3 aromatic rings. The fraction of sp³-hybridized carbons (Fsp3) is 0.370. The van der Waals surface area contributed by atoms with Crippen molar-refractivity contribution in [1.29, 1.82) is 0 Å². The Labute approximate surface area is 217 Å². The van der Waals surface area contributed by atoms with Gasteiger partial charge in [-0.1, -0.05) is 12.1 Å². The number of aromatic nitrogens is 1. The molecule has 6 rings (SSSR count). The van der Waals surface area contributed by atoms with Crippen LogP contribution in [0, 0.1) is 0 Å². The van der Waals surface area contributed by atoms with E-state index in [1.54, 1.807) is 29.2 Å². The van der Waals surface area contributed by atoms with Gasteiger partial charge in [-0.05, 0) is 55.0 Å². The number of likely N-dealkylation sites (tertiary alicyclic amines) is 1. The third-order valence-corrected chi connectivity index (χ3v) is 9.84. The summed E-state index contributed by atoms with van der Waals surface area (Å²) in [6.45, 7) is 1.12. The maximum absolute atomic E-state index is 13.8. The van der Waals surface area contributed by atoms with Gasteiger partial charge in [-0.15, -0.1) is 0 Å². The highest BCUT2D eigenvalue weighted by molar-refractivity contribution is 7.92. The summed E-state index contributed by atoms with van der Waals surface area (Å²) < 4.78 is 79.9. The molecule has 7 nitrogen and oxygen atoms in total. The highest BCUT2D eigenvalue weighted by atomic mass is 32.2. The maximum Gasteiger partial charge on any atom is 0.431 e. The molecule has 0 radical (unpaired) electrons. The van der Waals surface area contributed by atoms with Crippen LogP contribution in [-0.4, -0.2) is 55.3 Å². The number of rotatable bonds is 3. The van der Waals surface area contributed by atoms with Crippen LogP contribution < -0.4 is 4.74 Å². The largest absolute Gasteiger partial charge is 0.479 e. The number of hydrogen-bond donors (Lipinski definition) is 0. The van der Waals surface area contributed by atoms with Crippen molar-refractivity contribution in [2.24, 2.45) is 0 Å². The molecule has 3 aliphatic rings. The molecule has 1 amide bonds. The average molecular weight is 547 g/mol. The van der Waals surface area contributed by atoms with E-state index in [1.165, 1.54) is 34.9 Å². The third-order valence-electron chi connectivity index (χ3n) is 7.66. The summed E-state index contributed by atoms with van der Waals surface area (Å²) in [4.78, 5) is 15.0. The molecular weight excluding hydrogens is 521 g/mol. The van der Waals surface area contributed by atoms with Gasteiger partial charge in [0.1, 0.15) is 11.4 Å². The predicted molar refractivity (Wildman–Crippen MR) is 131 cm³/mol. The van der Waals surface area contributed by atoms with Crippen LogP contribution in [0.25, 0.3) is 5.69 Å². The molecule has 2 saturated heterocycles. The van der Waals surface area contributed by atoms with Crippen molar-refractivity contribution < 1.29 is 35.9 Å². The zero-order valence-corrected chi connectivity index (χ0v) is 21.1. The molecule has 3 aliphatic heterocycles. The van der Waals surface area contributed by atoms with Gasteiger partial charge in [0.25, 0.3) is 5.91 Å². The number of amides is 1. The van der Waals surface area contributed by atoms with Crippen LogP contribution in [0.3, 0.4) is 0 Å². The Hall–Kier alpha value is -3.31. The standard InChI is InChI=1S/C27H25F3N2O5S/c28-27(29,30)24-10-9-23-26(37-22-4-2-1-3-21(22)32(23)24)12-14-31(15-13-26)25(33)18-5-7-19(8-6-18)38(34,35)20-11-16-36-17-20/h1-10,20H,11-17H2. The number of carbonyl (C=O) groups is 1. The lowest BCUT2D eigenvalue weighted by molar-refractivity contribution is -0.143. The average Bonchev–Trinajstić information content (AvgIpc) is 3.61. The number of nitrogens with zero attached hydrogens (tertiary/aromatic N) is 2. The zero-order chi connectivity index (χ0) is 26.7. The van der Waals surface area contributed by atoms with E-state index in [1.807, 2.05) is 0 Å². The first-order valence-electron chi connectivity index (χ1n) is 12.4. The number of para-hydroxylation sites is 2. The first-order chi connectivity index (χ1) is 18.1.